The molecule has 1 aromatic rings. The fourth-order valence-electron chi connectivity index (χ4n) is 1.66. The van der Waals surface area contributed by atoms with Crippen molar-refractivity contribution >= 4 is 23.1 Å². The van der Waals surface area contributed by atoms with E-state index in [9.17, 15) is 0 Å². The first kappa shape index (κ1) is 10.2. The largest absolute Gasteiger partial charge is 0.386 e. The average molecular weight is 222 g/mol. The third-order valence-corrected chi connectivity index (χ3v) is 2.62. The maximum atomic E-state index is 5.92. The summed E-state index contributed by atoms with van der Waals surface area (Å²) in [6.07, 6.45) is 0.755. The van der Waals surface area contributed by atoms with Crippen molar-refractivity contribution in [2.75, 3.05) is 0 Å². The van der Waals surface area contributed by atoms with Crippen molar-refractivity contribution in [1.82, 2.24) is 0 Å². The van der Waals surface area contributed by atoms with E-state index in [1.165, 1.54) is 0 Å². The maximum absolute atomic E-state index is 5.92. The lowest BCUT2D eigenvalue weighted by Gasteiger charge is -2.17. The number of rotatable bonds is 1. The Morgan fingerprint density at radius 1 is 1.40 bits per heavy atom. The summed E-state index contributed by atoms with van der Waals surface area (Å²) < 4.78 is 0. The van der Waals surface area contributed by atoms with Crippen LogP contribution in [0.25, 0.3) is 0 Å². The van der Waals surface area contributed by atoms with Gasteiger partial charge < -0.3 is 5.73 Å². The molecule has 3 nitrogen and oxygen atoms in total. The van der Waals surface area contributed by atoms with Gasteiger partial charge in [-0.1, -0.05) is 30.7 Å². The summed E-state index contributed by atoms with van der Waals surface area (Å²) >= 11 is 5.92. The average Bonchev–Trinajstić information content (AvgIpc) is 2.17. The minimum Gasteiger partial charge on any atom is -0.386 e. The van der Waals surface area contributed by atoms with Crippen LogP contribution in [0.5, 0.6) is 0 Å². The van der Waals surface area contributed by atoms with Crippen LogP contribution in [0, 0.1) is 5.92 Å². The molecule has 0 fully saturated rings. The highest BCUT2D eigenvalue weighted by molar-refractivity contribution is 6.31. The molecular formula is C11H12ClN3. The number of nitrogens with two attached hydrogens (primary N) is 1. The lowest BCUT2D eigenvalue weighted by molar-refractivity contribution is 0.783. The Morgan fingerprint density at radius 3 is 2.87 bits per heavy atom. The van der Waals surface area contributed by atoms with E-state index >= 15 is 0 Å². The molecule has 1 heterocycles. The van der Waals surface area contributed by atoms with Gasteiger partial charge in [0.1, 0.15) is 5.84 Å². The van der Waals surface area contributed by atoms with Gasteiger partial charge in [0.15, 0.2) is 0 Å². The lowest BCUT2D eigenvalue weighted by atomic mass is 9.94. The van der Waals surface area contributed by atoms with Crippen molar-refractivity contribution in [2.24, 2.45) is 21.9 Å². The third-order valence-electron chi connectivity index (χ3n) is 2.39. The van der Waals surface area contributed by atoms with Gasteiger partial charge in [-0.15, -0.1) is 5.10 Å². The Bertz CT molecular complexity index is 437. The molecule has 1 aromatic carbocycles. The van der Waals surface area contributed by atoms with E-state index in [0.29, 0.717) is 16.8 Å². The number of hydrogen-bond donors (Lipinski definition) is 1. The van der Waals surface area contributed by atoms with Crippen LogP contribution >= 0.6 is 11.6 Å². The summed E-state index contributed by atoms with van der Waals surface area (Å²) in [6.45, 7) is 2.08. The highest BCUT2D eigenvalue weighted by atomic mass is 35.5. The third kappa shape index (κ3) is 2.18. The molecule has 0 saturated carbocycles. The van der Waals surface area contributed by atoms with E-state index in [0.717, 1.165) is 17.7 Å². The molecular weight excluding hydrogens is 210 g/mol. The van der Waals surface area contributed by atoms with Crippen molar-refractivity contribution in [2.45, 2.75) is 13.3 Å². The van der Waals surface area contributed by atoms with Crippen molar-refractivity contribution in [1.29, 1.82) is 0 Å². The molecule has 1 atom stereocenters. The first-order valence-corrected chi connectivity index (χ1v) is 5.20. The van der Waals surface area contributed by atoms with Gasteiger partial charge in [0, 0.05) is 17.4 Å². The second-order valence-electron chi connectivity index (χ2n) is 3.69. The van der Waals surface area contributed by atoms with E-state index in [2.05, 4.69) is 17.1 Å². The standard InChI is InChI=1S/C11H12ClN3/c1-7-5-10(13)14-15-11(7)8-3-2-4-9(12)6-8/h2-4,6-7H,5H2,1H3,(H2,13,14). The van der Waals surface area contributed by atoms with E-state index in [1.54, 1.807) is 0 Å². The predicted molar refractivity (Wildman–Crippen MR) is 63.4 cm³/mol. The molecule has 2 rings (SSSR count). The van der Waals surface area contributed by atoms with Gasteiger partial charge in [0.25, 0.3) is 0 Å². The molecule has 0 saturated heterocycles. The first-order chi connectivity index (χ1) is 7.16. The Labute approximate surface area is 93.7 Å². The molecule has 2 N–H and O–H groups in total. The summed E-state index contributed by atoms with van der Waals surface area (Å²) in [5.41, 5.74) is 7.58. The van der Waals surface area contributed by atoms with Gasteiger partial charge in [-0.25, -0.2) is 0 Å². The Balaban J connectivity index is 2.39. The van der Waals surface area contributed by atoms with Crippen LogP contribution in [-0.2, 0) is 0 Å². The number of amidine groups is 1. The fraction of sp³-hybridized carbons (Fsp3) is 0.273. The SMILES string of the molecule is CC1CC(N)=NN=C1c1cccc(Cl)c1. The van der Waals surface area contributed by atoms with Crippen LogP contribution in [0.2, 0.25) is 5.02 Å². The van der Waals surface area contributed by atoms with Crippen LogP contribution in [0.4, 0.5) is 0 Å². The van der Waals surface area contributed by atoms with E-state index in [4.69, 9.17) is 17.3 Å². The maximum Gasteiger partial charge on any atom is 0.123 e. The molecule has 1 aliphatic heterocycles. The number of nitrogens with zero attached hydrogens (tertiary/aromatic N) is 2. The zero-order valence-corrected chi connectivity index (χ0v) is 9.20. The highest BCUT2D eigenvalue weighted by Gasteiger charge is 2.18. The van der Waals surface area contributed by atoms with Gasteiger partial charge in [0.2, 0.25) is 0 Å². The van der Waals surface area contributed by atoms with Crippen molar-refractivity contribution in [3.63, 3.8) is 0 Å². The molecule has 0 amide bonds. The van der Waals surface area contributed by atoms with Crippen molar-refractivity contribution in [3.8, 4) is 0 Å². The summed E-state index contributed by atoms with van der Waals surface area (Å²) in [6, 6.07) is 7.64. The minimum absolute atomic E-state index is 0.293. The smallest absolute Gasteiger partial charge is 0.123 e. The Morgan fingerprint density at radius 2 is 2.20 bits per heavy atom. The minimum atomic E-state index is 0.293. The highest BCUT2D eigenvalue weighted by Crippen LogP contribution is 2.19. The molecule has 0 bridgehead atoms. The molecule has 0 spiro atoms. The van der Waals surface area contributed by atoms with E-state index < -0.39 is 0 Å². The predicted octanol–water partition coefficient (Wildman–Crippen LogP) is 2.44. The van der Waals surface area contributed by atoms with Gasteiger partial charge in [-0.3, -0.25) is 0 Å². The lowest BCUT2D eigenvalue weighted by Crippen LogP contribution is -2.25. The van der Waals surface area contributed by atoms with Gasteiger partial charge in [-0.2, -0.15) is 5.10 Å². The van der Waals surface area contributed by atoms with Gasteiger partial charge >= 0.3 is 0 Å². The summed E-state index contributed by atoms with van der Waals surface area (Å²) in [4.78, 5) is 0. The van der Waals surface area contributed by atoms with Crippen molar-refractivity contribution < 1.29 is 0 Å². The Hall–Kier alpha value is -1.35. The van der Waals surface area contributed by atoms with E-state index in [1.807, 2.05) is 24.3 Å². The summed E-state index contributed by atoms with van der Waals surface area (Å²) in [5.74, 6) is 0.884. The van der Waals surface area contributed by atoms with Gasteiger partial charge in [0.05, 0.1) is 5.71 Å². The Kier molecular flexibility index (Phi) is 2.73. The molecule has 0 aliphatic carbocycles. The molecule has 1 unspecified atom stereocenters. The number of halogens is 1. The molecule has 78 valence electrons. The number of benzene rings is 1. The van der Waals surface area contributed by atoms with Crippen LogP contribution in [0.1, 0.15) is 18.9 Å². The summed E-state index contributed by atoms with van der Waals surface area (Å²) in [5, 5.41) is 8.74. The van der Waals surface area contributed by atoms with Crippen LogP contribution < -0.4 is 5.73 Å². The molecule has 0 aromatic heterocycles. The quantitative estimate of drug-likeness (QED) is 0.778. The molecule has 0 radical (unpaired) electrons. The van der Waals surface area contributed by atoms with Crippen molar-refractivity contribution in [3.05, 3.63) is 34.9 Å². The normalized spacial score (nSPS) is 20.8. The summed E-state index contributed by atoms with van der Waals surface area (Å²) in [7, 11) is 0. The van der Waals surface area contributed by atoms with Gasteiger partial charge in [-0.05, 0) is 17.7 Å². The number of hydrogen-bond acceptors (Lipinski definition) is 3. The zero-order chi connectivity index (χ0) is 10.8. The zero-order valence-electron chi connectivity index (χ0n) is 8.44. The second kappa shape index (κ2) is 4.03. The molecule has 15 heavy (non-hydrogen) atoms. The second-order valence-corrected chi connectivity index (χ2v) is 4.13. The monoisotopic (exact) mass is 221 g/mol. The molecule has 1 aliphatic rings. The van der Waals surface area contributed by atoms with E-state index in [-0.39, 0.29) is 0 Å². The van der Waals surface area contributed by atoms with Crippen LogP contribution in [0.3, 0.4) is 0 Å². The topological polar surface area (TPSA) is 50.7 Å². The fourth-order valence-corrected chi connectivity index (χ4v) is 1.85. The molecule has 4 heteroatoms. The van der Waals surface area contributed by atoms with Crippen LogP contribution in [0.15, 0.2) is 34.5 Å². The first-order valence-electron chi connectivity index (χ1n) is 4.82. The van der Waals surface area contributed by atoms with Crippen LogP contribution in [-0.4, -0.2) is 11.5 Å².